The Kier molecular flexibility index (Phi) is 4.40. The van der Waals surface area contributed by atoms with Gasteiger partial charge in [-0.3, -0.25) is 4.79 Å². The van der Waals surface area contributed by atoms with Gasteiger partial charge in [0.25, 0.3) is 5.91 Å². The molecule has 0 saturated heterocycles. The topological polar surface area (TPSA) is 103 Å². The van der Waals surface area contributed by atoms with E-state index in [-0.39, 0.29) is 22.0 Å². The molecule has 0 atom stereocenters. The number of ether oxygens (including phenoxy) is 1. The van der Waals surface area contributed by atoms with Gasteiger partial charge in [-0.25, -0.2) is 13.6 Å². The number of carbonyl (C=O) groups is 1. The summed E-state index contributed by atoms with van der Waals surface area (Å²) in [6.07, 6.45) is 4.31. The molecule has 1 aromatic heterocycles. The minimum absolute atomic E-state index is 0.0671. The van der Waals surface area contributed by atoms with E-state index in [1.54, 1.807) is 11.7 Å². The molecular weight excluding hydrogens is 294 g/mol. The van der Waals surface area contributed by atoms with Crippen molar-refractivity contribution >= 4 is 15.9 Å². The van der Waals surface area contributed by atoms with E-state index in [9.17, 15) is 13.2 Å². The number of nitrogens with zero attached hydrogens (tertiary/aromatic N) is 1. The number of amides is 1. The first kappa shape index (κ1) is 16.0. The minimum Gasteiger partial charge on any atom is -0.383 e. The van der Waals surface area contributed by atoms with Crippen LogP contribution < -0.4 is 10.5 Å². The Morgan fingerprint density at radius 2 is 2.19 bits per heavy atom. The minimum atomic E-state index is -3.84. The van der Waals surface area contributed by atoms with Crippen LogP contribution in [-0.2, 0) is 21.3 Å². The molecule has 1 aromatic rings. The fourth-order valence-corrected chi connectivity index (χ4v) is 2.92. The van der Waals surface area contributed by atoms with Gasteiger partial charge in [0.2, 0.25) is 10.0 Å². The zero-order valence-corrected chi connectivity index (χ0v) is 13.1. The van der Waals surface area contributed by atoms with Gasteiger partial charge in [-0.05, 0) is 32.3 Å². The molecular formula is C13H21N3O4S. The second kappa shape index (κ2) is 5.78. The number of rotatable bonds is 6. The predicted molar refractivity (Wildman–Crippen MR) is 77.4 cm³/mol. The number of sulfonamides is 1. The molecule has 1 aliphatic carbocycles. The summed E-state index contributed by atoms with van der Waals surface area (Å²) >= 11 is 0. The van der Waals surface area contributed by atoms with Crippen molar-refractivity contribution in [1.29, 1.82) is 0 Å². The highest BCUT2D eigenvalue weighted by Gasteiger charge is 2.34. The molecule has 1 saturated carbocycles. The Labute approximate surface area is 124 Å². The summed E-state index contributed by atoms with van der Waals surface area (Å²) in [5.41, 5.74) is 0.0825. The van der Waals surface area contributed by atoms with Gasteiger partial charge in [-0.15, -0.1) is 0 Å². The quantitative estimate of drug-likeness (QED) is 0.795. The molecule has 2 rings (SSSR count). The second-order valence-corrected chi connectivity index (χ2v) is 7.22. The molecule has 0 radical (unpaired) electrons. The van der Waals surface area contributed by atoms with Crippen LogP contribution in [0.2, 0.25) is 0 Å². The molecule has 0 unspecified atom stereocenters. The lowest BCUT2D eigenvalue weighted by Crippen LogP contribution is -2.51. The number of nitrogens with two attached hydrogens (primary N) is 1. The normalized spacial score (nSPS) is 17.3. The SMILES string of the molecule is COCCn1cc(S(N)(=O)=O)cc1C(=O)NC1(C)CCC1. The largest absolute Gasteiger partial charge is 0.383 e. The maximum absolute atomic E-state index is 12.4. The highest BCUT2D eigenvalue weighted by atomic mass is 32.2. The summed E-state index contributed by atoms with van der Waals surface area (Å²) in [7, 11) is -2.30. The summed E-state index contributed by atoms with van der Waals surface area (Å²) in [6.45, 7) is 2.74. The van der Waals surface area contributed by atoms with Crippen LogP contribution >= 0.6 is 0 Å². The molecule has 1 aliphatic rings. The fraction of sp³-hybridized carbons (Fsp3) is 0.615. The van der Waals surface area contributed by atoms with Crippen molar-refractivity contribution in [3.63, 3.8) is 0 Å². The van der Waals surface area contributed by atoms with E-state index in [4.69, 9.17) is 9.88 Å². The van der Waals surface area contributed by atoms with E-state index >= 15 is 0 Å². The molecule has 7 nitrogen and oxygen atoms in total. The average molecular weight is 315 g/mol. The van der Waals surface area contributed by atoms with Crippen LogP contribution in [-0.4, -0.2) is 38.1 Å². The molecule has 0 aromatic carbocycles. The monoisotopic (exact) mass is 315 g/mol. The fourth-order valence-electron chi connectivity index (χ4n) is 2.37. The predicted octanol–water partition coefficient (Wildman–Crippen LogP) is 0.454. The van der Waals surface area contributed by atoms with E-state index in [2.05, 4.69) is 5.32 Å². The Hall–Kier alpha value is -1.38. The number of hydrogen-bond acceptors (Lipinski definition) is 4. The number of primary sulfonamides is 1. The third kappa shape index (κ3) is 3.63. The van der Waals surface area contributed by atoms with Crippen LogP contribution in [0.1, 0.15) is 36.7 Å². The molecule has 1 fully saturated rings. The van der Waals surface area contributed by atoms with Crippen molar-refractivity contribution in [2.75, 3.05) is 13.7 Å². The smallest absolute Gasteiger partial charge is 0.268 e. The van der Waals surface area contributed by atoms with Crippen molar-refractivity contribution in [3.8, 4) is 0 Å². The van der Waals surface area contributed by atoms with Gasteiger partial charge in [-0.1, -0.05) is 0 Å². The third-order valence-corrected chi connectivity index (χ3v) is 4.72. The third-order valence-electron chi connectivity index (χ3n) is 3.84. The lowest BCUT2D eigenvalue weighted by molar-refractivity contribution is 0.0838. The van der Waals surface area contributed by atoms with E-state index in [1.807, 2.05) is 6.92 Å². The molecule has 0 spiro atoms. The first-order valence-corrected chi connectivity index (χ1v) is 8.34. The van der Waals surface area contributed by atoms with Gasteiger partial charge in [-0.2, -0.15) is 0 Å². The molecule has 1 amide bonds. The van der Waals surface area contributed by atoms with Crippen LogP contribution in [0.5, 0.6) is 0 Å². The van der Waals surface area contributed by atoms with E-state index in [1.165, 1.54) is 12.3 Å². The van der Waals surface area contributed by atoms with Gasteiger partial charge < -0.3 is 14.6 Å². The molecule has 21 heavy (non-hydrogen) atoms. The zero-order chi connectivity index (χ0) is 15.7. The lowest BCUT2D eigenvalue weighted by Gasteiger charge is -2.39. The Morgan fingerprint density at radius 1 is 1.52 bits per heavy atom. The van der Waals surface area contributed by atoms with Crippen molar-refractivity contribution in [2.24, 2.45) is 5.14 Å². The number of nitrogens with one attached hydrogen (secondary N) is 1. The standard InChI is InChI=1S/C13H21N3O4S/c1-13(4-3-5-13)15-12(17)11-8-10(21(14,18)19)9-16(11)6-7-20-2/h8-9H,3-7H2,1-2H3,(H,15,17)(H2,14,18,19). The maximum atomic E-state index is 12.4. The second-order valence-electron chi connectivity index (χ2n) is 5.66. The number of methoxy groups -OCH3 is 1. The Bertz CT molecular complexity index is 632. The summed E-state index contributed by atoms with van der Waals surface area (Å²) in [5.74, 6) is -0.289. The maximum Gasteiger partial charge on any atom is 0.268 e. The number of carbonyl (C=O) groups excluding carboxylic acids is 1. The van der Waals surface area contributed by atoms with Gasteiger partial charge in [0.05, 0.1) is 6.61 Å². The molecule has 8 heteroatoms. The summed E-state index contributed by atoms with van der Waals surface area (Å²) in [5, 5.41) is 8.08. The molecule has 0 bridgehead atoms. The van der Waals surface area contributed by atoms with Gasteiger partial charge in [0.15, 0.2) is 0 Å². The molecule has 3 N–H and O–H groups in total. The van der Waals surface area contributed by atoms with Crippen LogP contribution in [0.3, 0.4) is 0 Å². The lowest BCUT2D eigenvalue weighted by atomic mass is 9.78. The highest BCUT2D eigenvalue weighted by molar-refractivity contribution is 7.89. The van der Waals surface area contributed by atoms with E-state index in [0.29, 0.717) is 13.2 Å². The van der Waals surface area contributed by atoms with Crippen LogP contribution in [0, 0.1) is 0 Å². The van der Waals surface area contributed by atoms with Crippen molar-refractivity contribution < 1.29 is 17.9 Å². The molecule has 1 heterocycles. The van der Waals surface area contributed by atoms with E-state index < -0.39 is 10.0 Å². The van der Waals surface area contributed by atoms with Gasteiger partial charge >= 0.3 is 0 Å². The van der Waals surface area contributed by atoms with Gasteiger partial charge in [0, 0.05) is 25.4 Å². The van der Waals surface area contributed by atoms with Crippen molar-refractivity contribution in [2.45, 2.75) is 43.2 Å². The highest BCUT2D eigenvalue weighted by Crippen LogP contribution is 2.31. The Morgan fingerprint density at radius 3 is 2.67 bits per heavy atom. The van der Waals surface area contributed by atoms with Crippen LogP contribution in [0.4, 0.5) is 0 Å². The first-order valence-electron chi connectivity index (χ1n) is 6.80. The number of aromatic nitrogens is 1. The first-order chi connectivity index (χ1) is 9.75. The summed E-state index contributed by atoms with van der Waals surface area (Å²) in [4.78, 5) is 12.3. The number of hydrogen-bond donors (Lipinski definition) is 2. The van der Waals surface area contributed by atoms with E-state index in [0.717, 1.165) is 19.3 Å². The summed E-state index contributed by atoms with van der Waals surface area (Å²) in [6, 6.07) is 1.31. The van der Waals surface area contributed by atoms with Crippen molar-refractivity contribution in [1.82, 2.24) is 9.88 Å². The zero-order valence-electron chi connectivity index (χ0n) is 12.3. The van der Waals surface area contributed by atoms with Crippen molar-refractivity contribution in [3.05, 3.63) is 18.0 Å². The van der Waals surface area contributed by atoms with Crippen LogP contribution in [0.25, 0.3) is 0 Å². The van der Waals surface area contributed by atoms with Crippen LogP contribution in [0.15, 0.2) is 17.2 Å². The Balaban J connectivity index is 2.26. The molecule has 0 aliphatic heterocycles. The average Bonchev–Trinajstić information content (AvgIpc) is 2.78. The van der Waals surface area contributed by atoms with Gasteiger partial charge in [0.1, 0.15) is 10.6 Å². The molecule has 118 valence electrons. The summed E-state index contributed by atoms with van der Waals surface area (Å²) < 4.78 is 29.4.